The molecular formula is C33H39N7O5. The van der Waals surface area contributed by atoms with Gasteiger partial charge in [-0.25, -0.2) is 14.5 Å². The van der Waals surface area contributed by atoms with Crippen LogP contribution in [-0.2, 0) is 31.0 Å². The Morgan fingerprint density at radius 3 is 2.53 bits per heavy atom. The van der Waals surface area contributed by atoms with Crippen LogP contribution in [0, 0.1) is 0 Å². The van der Waals surface area contributed by atoms with Crippen LogP contribution >= 0.6 is 0 Å². The second-order valence-electron chi connectivity index (χ2n) is 12.2. The van der Waals surface area contributed by atoms with Crippen LogP contribution in [0.15, 0.2) is 67.0 Å². The van der Waals surface area contributed by atoms with Crippen LogP contribution in [0.1, 0.15) is 57.4 Å². The van der Waals surface area contributed by atoms with Crippen molar-refractivity contribution in [3.8, 4) is 0 Å². The van der Waals surface area contributed by atoms with Crippen molar-refractivity contribution in [3.63, 3.8) is 0 Å². The molecule has 2 atom stereocenters. The van der Waals surface area contributed by atoms with E-state index in [1.807, 2.05) is 30.3 Å². The molecule has 1 fully saturated rings. The van der Waals surface area contributed by atoms with E-state index in [9.17, 15) is 14.4 Å². The van der Waals surface area contributed by atoms with Crippen molar-refractivity contribution < 1.29 is 23.9 Å². The maximum absolute atomic E-state index is 14.2. The smallest absolute Gasteiger partial charge is 0.414 e. The Morgan fingerprint density at radius 1 is 1.09 bits per heavy atom. The predicted octanol–water partition coefficient (Wildman–Crippen LogP) is 4.69. The van der Waals surface area contributed by atoms with Crippen molar-refractivity contribution >= 4 is 45.9 Å². The van der Waals surface area contributed by atoms with Gasteiger partial charge in [0.2, 0.25) is 5.78 Å². The van der Waals surface area contributed by atoms with Gasteiger partial charge >= 0.3 is 6.09 Å². The summed E-state index contributed by atoms with van der Waals surface area (Å²) in [4.78, 5) is 46.3. The fourth-order valence-electron chi connectivity index (χ4n) is 5.35. The summed E-state index contributed by atoms with van der Waals surface area (Å²) in [5, 5.41) is 7.73. The first kappa shape index (κ1) is 31.6. The minimum atomic E-state index is -1.80. The highest BCUT2D eigenvalue weighted by Crippen LogP contribution is 2.33. The number of nitrogen functional groups attached to an aromatic ring is 1. The number of hydrogen-bond acceptors (Lipinski definition) is 9. The van der Waals surface area contributed by atoms with Gasteiger partial charge in [0.05, 0.1) is 23.5 Å². The topological polar surface area (TPSA) is 168 Å². The van der Waals surface area contributed by atoms with Crippen LogP contribution in [0.3, 0.4) is 0 Å². The molecule has 2 aromatic heterocycles. The largest absolute Gasteiger partial charge is 0.443 e. The number of fused-ring (bicyclic) bond motifs is 1. The second-order valence-corrected chi connectivity index (χ2v) is 12.2. The summed E-state index contributed by atoms with van der Waals surface area (Å²) in [5.74, 6) is -1.59. The van der Waals surface area contributed by atoms with Gasteiger partial charge in [-0.3, -0.25) is 14.5 Å². The number of carbonyl (C=O) groups excluding carboxylic acids is 3. The summed E-state index contributed by atoms with van der Waals surface area (Å²) >= 11 is 0. The van der Waals surface area contributed by atoms with E-state index in [-0.39, 0.29) is 24.2 Å². The van der Waals surface area contributed by atoms with Crippen LogP contribution in [0.5, 0.6) is 0 Å². The number of carbonyl (C=O) groups is 3. The molecule has 1 aliphatic heterocycles. The zero-order valence-corrected chi connectivity index (χ0v) is 25.9. The quantitative estimate of drug-likeness (QED) is 0.239. The number of benzene rings is 2. The molecule has 5 N–H and O–H groups in total. The Balaban J connectivity index is 1.50. The molecule has 236 valence electrons. The molecule has 2 unspecified atom stereocenters. The third-order valence-electron chi connectivity index (χ3n) is 7.69. The van der Waals surface area contributed by atoms with Crippen molar-refractivity contribution in [2.75, 3.05) is 29.6 Å². The number of nitrogens with zero attached hydrogens (tertiary/aromatic N) is 4. The summed E-state index contributed by atoms with van der Waals surface area (Å²) in [5.41, 5.74) is 12.9. The second kappa shape index (κ2) is 12.7. The molecule has 45 heavy (non-hydrogen) atoms. The van der Waals surface area contributed by atoms with Gasteiger partial charge in [0, 0.05) is 25.8 Å². The first-order valence-corrected chi connectivity index (χ1v) is 14.9. The van der Waals surface area contributed by atoms with Crippen molar-refractivity contribution in [2.24, 2.45) is 5.73 Å². The zero-order chi connectivity index (χ0) is 32.4. The maximum Gasteiger partial charge on any atom is 0.414 e. The van der Waals surface area contributed by atoms with Crippen LogP contribution < -0.4 is 21.7 Å². The number of ether oxygens (including phenoxy) is 2. The highest BCUT2D eigenvalue weighted by Gasteiger charge is 2.41. The van der Waals surface area contributed by atoms with E-state index < -0.39 is 28.9 Å². The number of ketones is 1. The van der Waals surface area contributed by atoms with Crippen molar-refractivity contribution in [1.29, 1.82) is 0 Å². The van der Waals surface area contributed by atoms with Crippen molar-refractivity contribution in [3.05, 3.63) is 78.1 Å². The summed E-state index contributed by atoms with van der Waals surface area (Å²) < 4.78 is 13.1. The average molecular weight is 614 g/mol. The molecule has 0 spiro atoms. The van der Waals surface area contributed by atoms with E-state index in [0.29, 0.717) is 28.8 Å². The molecule has 2 amide bonds. The average Bonchev–Trinajstić information content (AvgIpc) is 3.48. The molecule has 0 radical (unpaired) electrons. The molecular weight excluding hydrogens is 574 g/mol. The van der Waals surface area contributed by atoms with E-state index in [1.165, 1.54) is 11.1 Å². The van der Waals surface area contributed by atoms with Gasteiger partial charge in [0.25, 0.3) is 5.91 Å². The van der Waals surface area contributed by atoms with Crippen molar-refractivity contribution in [2.45, 2.75) is 63.8 Å². The molecule has 12 heteroatoms. The van der Waals surface area contributed by atoms with Crippen LogP contribution in [-0.4, -0.2) is 51.8 Å². The van der Waals surface area contributed by atoms with E-state index in [4.69, 9.17) is 20.9 Å². The molecule has 4 aromatic rings. The van der Waals surface area contributed by atoms with Gasteiger partial charge in [-0.1, -0.05) is 42.5 Å². The minimum absolute atomic E-state index is 0.0168. The number of pyridine rings is 1. The highest BCUT2D eigenvalue weighted by molar-refractivity contribution is 6.44. The lowest BCUT2D eigenvalue weighted by Gasteiger charge is -2.30. The van der Waals surface area contributed by atoms with E-state index >= 15 is 0 Å². The zero-order valence-electron chi connectivity index (χ0n) is 25.9. The van der Waals surface area contributed by atoms with Gasteiger partial charge in [-0.15, -0.1) is 0 Å². The summed E-state index contributed by atoms with van der Waals surface area (Å²) in [6.45, 7) is 5.91. The third-order valence-corrected chi connectivity index (χ3v) is 7.69. The van der Waals surface area contributed by atoms with Gasteiger partial charge in [0.1, 0.15) is 22.5 Å². The van der Waals surface area contributed by atoms with Crippen molar-refractivity contribution in [1.82, 2.24) is 14.8 Å². The number of Topliss-reactive ketones (excluding diaryl/α,β-unsaturated/α-hetero) is 1. The Hall–Kier alpha value is -4.81. The lowest BCUT2D eigenvalue weighted by Crippen LogP contribution is -2.51. The van der Waals surface area contributed by atoms with Crippen LogP contribution in [0.2, 0.25) is 0 Å². The normalized spacial score (nSPS) is 16.5. The minimum Gasteiger partial charge on any atom is -0.443 e. The fraction of sp³-hybridized carbons (Fsp3) is 0.364. The molecule has 0 bridgehead atoms. The molecule has 5 rings (SSSR count). The van der Waals surface area contributed by atoms with Gasteiger partial charge < -0.3 is 26.3 Å². The predicted molar refractivity (Wildman–Crippen MR) is 172 cm³/mol. The van der Waals surface area contributed by atoms with Crippen LogP contribution in [0.4, 0.5) is 22.0 Å². The van der Waals surface area contributed by atoms with Gasteiger partial charge in [-0.2, -0.15) is 5.10 Å². The number of amides is 2. The number of hydrogen-bond donors (Lipinski definition) is 3. The molecule has 1 saturated heterocycles. The lowest BCUT2D eigenvalue weighted by atomic mass is 9.80. The SMILES string of the molecule is CN(C(=O)OC(C)(C)C)c1cccc(C(N)(Cc2ccccc2)C(=O)C(=O)Nc2cnc(N)c3cnn(C4CCCCO4)c23)c1. The fourth-order valence-corrected chi connectivity index (χ4v) is 5.35. The third kappa shape index (κ3) is 6.81. The monoisotopic (exact) mass is 613 g/mol. The van der Waals surface area contributed by atoms with Crippen LogP contribution in [0.25, 0.3) is 10.9 Å². The summed E-state index contributed by atoms with van der Waals surface area (Å²) in [6.07, 6.45) is 4.72. The molecule has 2 aromatic carbocycles. The van der Waals surface area contributed by atoms with E-state index in [1.54, 1.807) is 63.0 Å². The number of nitrogens with two attached hydrogens (primary N) is 2. The number of rotatable bonds is 8. The standard InChI is InChI=1S/C33H39N7O5/c1-32(2,3)45-31(43)39(4)23-14-10-13-22(17-23)33(35,18-21-11-6-5-7-12-21)28(41)30(42)38-25-20-36-29(34)24-19-37-40(27(24)25)26-15-8-9-16-44-26/h5-7,10-14,17,19-20,26H,8-9,15-16,18,35H2,1-4H3,(H2,34,36)(H,38,42). The highest BCUT2D eigenvalue weighted by atomic mass is 16.6. The Kier molecular flexibility index (Phi) is 8.89. The Labute approximate surface area is 261 Å². The van der Waals surface area contributed by atoms with Gasteiger partial charge in [0.15, 0.2) is 6.23 Å². The maximum atomic E-state index is 14.2. The molecule has 12 nitrogen and oxygen atoms in total. The molecule has 0 saturated carbocycles. The number of nitrogens with one attached hydrogen (secondary N) is 1. The molecule has 0 aliphatic carbocycles. The summed E-state index contributed by atoms with van der Waals surface area (Å²) in [6, 6.07) is 15.8. The van der Waals surface area contributed by atoms with E-state index in [2.05, 4.69) is 15.4 Å². The Bertz CT molecular complexity index is 1710. The molecule has 1 aliphatic rings. The lowest BCUT2D eigenvalue weighted by molar-refractivity contribution is -0.138. The first-order valence-electron chi connectivity index (χ1n) is 14.9. The first-order chi connectivity index (χ1) is 21.4. The Morgan fingerprint density at radius 2 is 1.84 bits per heavy atom. The van der Waals surface area contributed by atoms with Gasteiger partial charge in [-0.05, 0) is 63.3 Å². The number of aromatic nitrogens is 3. The summed E-state index contributed by atoms with van der Waals surface area (Å²) in [7, 11) is 1.57. The number of anilines is 3. The molecule has 3 heterocycles. The van der Waals surface area contributed by atoms with E-state index in [0.717, 1.165) is 24.8 Å².